The van der Waals surface area contributed by atoms with E-state index in [-0.39, 0.29) is 5.75 Å². The molecule has 6 nitrogen and oxygen atoms in total. The second-order valence-corrected chi connectivity index (χ2v) is 6.27. The molecule has 25 heavy (non-hydrogen) atoms. The molecule has 7 heteroatoms. The summed E-state index contributed by atoms with van der Waals surface area (Å²) in [4.78, 5) is 8.33. The summed E-state index contributed by atoms with van der Waals surface area (Å²) < 4.78 is 26.9. The van der Waals surface area contributed by atoms with Gasteiger partial charge in [-0.1, -0.05) is 35.3 Å². The van der Waals surface area contributed by atoms with Crippen molar-refractivity contribution in [1.29, 1.82) is 0 Å². The van der Waals surface area contributed by atoms with Crippen molar-refractivity contribution in [3.8, 4) is 28.0 Å². The molecule has 0 spiro atoms. The summed E-state index contributed by atoms with van der Waals surface area (Å²) in [5.41, 5.74) is 10.1. The highest BCUT2D eigenvalue weighted by Crippen LogP contribution is 2.34. The van der Waals surface area contributed by atoms with Crippen LogP contribution in [0, 0.1) is 0 Å². The van der Waals surface area contributed by atoms with E-state index in [9.17, 15) is 8.76 Å². The molecule has 3 rings (SSSR count). The van der Waals surface area contributed by atoms with E-state index < -0.39 is 11.1 Å². The fraction of sp³-hybridized carbons (Fsp3) is 0.111. The fourth-order valence-corrected chi connectivity index (χ4v) is 3.01. The summed E-state index contributed by atoms with van der Waals surface area (Å²) in [6, 6.07) is 11.1. The number of hydrogen-bond donors (Lipinski definition) is 1. The molecule has 0 fully saturated rings. The third-order valence-corrected chi connectivity index (χ3v) is 4.35. The number of nitrogen functional groups attached to an aromatic ring is 1. The van der Waals surface area contributed by atoms with Crippen molar-refractivity contribution in [3.05, 3.63) is 60.6 Å². The van der Waals surface area contributed by atoms with Crippen molar-refractivity contribution in [3.63, 3.8) is 0 Å². The first kappa shape index (κ1) is 17.1. The van der Waals surface area contributed by atoms with Gasteiger partial charge in [0.05, 0.1) is 13.3 Å². The molecule has 1 aromatic carbocycles. The van der Waals surface area contributed by atoms with Crippen molar-refractivity contribution in [2.24, 2.45) is 0 Å². The number of hydrogen-bond acceptors (Lipinski definition) is 6. The molecule has 128 valence electrons. The van der Waals surface area contributed by atoms with Crippen LogP contribution in [-0.4, -0.2) is 25.8 Å². The van der Waals surface area contributed by atoms with Gasteiger partial charge < -0.3 is 15.0 Å². The van der Waals surface area contributed by atoms with Gasteiger partial charge in [0.15, 0.2) is 0 Å². The molecule has 0 aliphatic carbocycles. The van der Waals surface area contributed by atoms with Gasteiger partial charge in [0.1, 0.15) is 11.6 Å². The number of aromatic nitrogens is 2. The van der Waals surface area contributed by atoms with E-state index in [1.54, 1.807) is 37.8 Å². The van der Waals surface area contributed by atoms with E-state index >= 15 is 0 Å². The highest BCUT2D eigenvalue weighted by atomic mass is 32.2. The highest BCUT2D eigenvalue weighted by Gasteiger charge is 2.11. The lowest BCUT2D eigenvalue weighted by molar-refractivity contribution is 0.414. The molecule has 0 saturated heterocycles. The van der Waals surface area contributed by atoms with Gasteiger partial charge in [-0.3, -0.25) is 9.19 Å². The van der Waals surface area contributed by atoms with Crippen molar-refractivity contribution in [1.82, 2.24) is 9.97 Å². The van der Waals surface area contributed by atoms with Crippen LogP contribution in [0.5, 0.6) is 5.75 Å². The topological polar surface area (TPSA) is 101 Å². The standard InChI is InChI=1S/C18H17N3O3S/c1-24-17-10-20-7-6-15(17)16-8-14(9-21-18(16)19)13-4-2-12(3-5-13)11-25(22)23/h2-10H,11H2,1H3,(H2,19,21)(H,22,23)/p-1. The second-order valence-electron chi connectivity index (χ2n) is 5.38. The van der Waals surface area contributed by atoms with E-state index in [0.717, 1.165) is 27.8 Å². The van der Waals surface area contributed by atoms with Crippen molar-refractivity contribution in [2.75, 3.05) is 12.8 Å². The molecule has 0 aliphatic rings. The van der Waals surface area contributed by atoms with Crippen LogP contribution in [0.25, 0.3) is 22.3 Å². The molecule has 0 radical (unpaired) electrons. The number of rotatable bonds is 5. The van der Waals surface area contributed by atoms with Crippen LogP contribution in [0.4, 0.5) is 5.82 Å². The Labute approximate surface area is 148 Å². The Morgan fingerprint density at radius 1 is 1.12 bits per heavy atom. The van der Waals surface area contributed by atoms with Crippen LogP contribution < -0.4 is 10.5 Å². The van der Waals surface area contributed by atoms with Gasteiger partial charge in [-0.05, 0) is 23.3 Å². The van der Waals surface area contributed by atoms with E-state index in [2.05, 4.69) is 9.97 Å². The molecule has 2 aromatic heterocycles. The lowest BCUT2D eigenvalue weighted by Crippen LogP contribution is -1.97. The number of methoxy groups -OCH3 is 1. The average molecular weight is 354 g/mol. The first-order chi connectivity index (χ1) is 12.1. The molecular weight excluding hydrogens is 338 g/mol. The maximum atomic E-state index is 10.8. The summed E-state index contributed by atoms with van der Waals surface area (Å²) >= 11 is -2.10. The predicted octanol–water partition coefficient (Wildman–Crippen LogP) is 2.78. The Morgan fingerprint density at radius 3 is 2.56 bits per heavy atom. The van der Waals surface area contributed by atoms with Gasteiger partial charge >= 0.3 is 0 Å². The Morgan fingerprint density at radius 2 is 1.88 bits per heavy atom. The zero-order chi connectivity index (χ0) is 17.8. The molecule has 2 heterocycles. The summed E-state index contributed by atoms with van der Waals surface area (Å²) in [5.74, 6) is 1.01. The summed E-state index contributed by atoms with van der Waals surface area (Å²) in [5, 5.41) is 0. The van der Waals surface area contributed by atoms with Crippen LogP contribution in [-0.2, 0) is 16.8 Å². The zero-order valence-corrected chi connectivity index (χ0v) is 14.3. The summed E-state index contributed by atoms with van der Waals surface area (Å²) in [6.45, 7) is 0. The number of anilines is 1. The average Bonchev–Trinajstić information content (AvgIpc) is 2.62. The molecule has 1 unspecified atom stereocenters. The van der Waals surface area contributed by atoms with Crippen molar-refractivity contribution >= 4 is 16.9 Å². The third-order valence-electron chi connectivity index (χ3n) is 3.78. The number of pyridine rings is 2. The lowest BCUT2D eigenvalue weighted by atomic mass is 10.0. The Kier molecular flexibility index (Phi) is 5.06. The number of nitrogens with two attached hydrogens (primary N) is 1. The second kappa shape index (κ2) is 7.42. The maximum absolute atomic E-state index is 10.8. The van der Waals surface area contributed by atoms with E-state index in [1.165, 1.54) is 0 Å². The molecule has 0 aliphatic heterocycles. The quantitative estimate of drug-likeness (QED) is 0.707. The zero-order valence-electron chi connectivity index (χ0n) is 13.5. The summed E-state index contributed by atoms with van der Waals surface area (Å²) in [7, 11) is 1.58. The highest BCUT2D eigenvalue weighted by molar-refractivity contribution is 7.78. The van der Waals surface area contributed by atoms with Crippen LogP contribution in [0.2, 0.25) is 0 Å². The first-order valence-electron chi connectivity index (χ1n) is 7.47. The van der Waals surface area contributed by atoms with Gasteiger partial charge in [0, 0.05) is 34.8 Å². The van der Waals surface area contributed by atoms with Crippen LogP contribution in [0.15, 0.2) is 55.0 Å². The molecule has 0 amide bonds. The van der Waals surface area contributed by atoms with Gasteiger partial charge in [0.25, 0.3) is 0 Å². The molecular formula is C18H16N3O3S-. The number of benzene rings is 1. The fourth-order valence-electron chi connectivity index (χ4n) is 2.54. The van der Waals surface area contributed by atoms with Gasteiger partial charge in [-0.15, -0.1) is 0 Å². The van der Waals surface area contributed by atoms with E-state index in [0.29, 0.717) is 11.6 Å². The molecule has 3 aromatic rings. The SMILES string of the molecule is COc1cnccc1-c1cc(-c2ccc(CS(=O)[O-])cc2)cnc1N. The Hall–Kier alpha value is -2.77. The maximum Gasteiger partial charge on any atom is 0.145 e. The minimum Gasteiger partial charge on any atom is -0.772 e. The minimum atomic E-state index is -2.10. The van der Waals surface area contributed by atoms with Gasteiger partial charge in [-0.25, -0.2) is 4.98 Å². The smallest absolute Gasteiger partial charge is 0.145 e. The monoisotopic (exact) mass is 354 g/mol. The van der Waals surface area contributed by atoms with Crippen LogP contribution in [0.1, 0.15) is 5.56 Å². The minimum absolute atomic E-state index is 0.000266. The largest absolute Gasteiger partial charge is 0.772 e. The van der Waals surface area contributed by atoms with Gasteiger partial charge in [-0.2, -0.15) is 0 Å². The van der Waals surface area contributed by atoms with Crippen molar-refractivity contribution in [2.45, 2.75) is 5.75 Å². The molecule has 0 bridgehead atoms. The molecule has 1 atom stereocenters. The Balaban J connectivity index is 2.01. The predicted molar refractivity (Wildman–Crippen MR) is 96.5 cm³/mol. The van der Waals surface area contributed by atoms with Crippen LogP contribution in [0.3, 0.4) is 0 Å². The number of nitrogens with zero attached hydrogens (tertiary/aromatic N) is 2. The molecule has 2 N–H and O–H groups in total. The normalized spacial score (nSPS) is 11.9. The summed E-state index contributed by atoms with van der Waals surface area (Å²) in [6.07, 6.45) is 4.98. The Bertz CT molecular complexity index is 914. The van der Waals surface area contributed by atoms with E-state index in [1.807, 2.05) is 24.3 Å². The first-order valence-corrected chi connectivity index (χ1v) is 8.72. The van der Waals surface area contributed by atoms with Crippen LogP contribution >= 0.6 is 0 Å². The van der Waals surface area contributed by atoms with Gasteiger partial charge in [0.2, 0.25) is 0 Å². The van der Waals surface area contributed by atoms with Crippen molar-refractivity contribution < 1.29 is 13.5 Å². The number of ether oxygens (including phenoxy) is 1. The van der Waals surface area contributed by atoms with E-state index in [4.69, 9.17) is 10.5 Å². The molecule has 0 saturated carbocycles. The third kappa shape index (κ3) is 3.84. The lowest BCUT2D eigenvalue weighted by Gasteiger charge is -2.12.